The molecule has 0 aliphatic heterocycles. The summed E-state index contributed by atoms with van der Waals surface area (Å²) in [5.41, 5.74) is 7.43. The maximum Gasteiger partial charge on any atom is 0.123 e. The van der Waals surface area contributed by atoms with Crippen LogP contribution in [0.5, 0.6) is 0 Å². The van der Waals surface area contributed by atoms with E-state index in [0.29, 0.717) is 26.3 Å². The van der Waals surface area contributed by atoms with Crippen LogP contribution in [-0.2, 0) is 16.0 Å². The van der Waals surface area contributed by atoms with Gasteiger partial charge < -0.3 is 20.1 Å². The molecule has 0 saturated carbocycles. The van der Waals surface area contributed by atoms with Crippen molar-refractivity contribution >= 4 is 5.69 Å². The number of hydrogen-bond donors (Lipinski definition) is 1. The molecule has 0 fully saturated rings. The number of anilines is 1. The minimum atomic E-state index is -0.268. The van der Waals surface area contributed by atoms with Crippen molar-refractivity contribution in [2.75, 3.05) is 38.9 Å². The van der Waals surface area contributed by atoms with Crippen molar-refractivity contribution in [3.8, 4) is 0 Å². The first-order valence-corrected chi connectivity index (χ1v) is 6.37. The van der Waals surface area contributed by atoms with E-state index in [4.69, 9.17) is 15.2 Å². The van der Waals surface area contributed by atoms with Crippen LogP contribution < -0.4 is 10.6 Å². The zero-order valence-electron chi connectivity index (χ0n) is 11.9. The van der Waals surface area contributed by atoms with Crippen LogP contribution in [0.15, 0.2) is 18.2 Å². The smallest absolute Gasteiger partial charge is 0.123 e. The molecule has 0 spiro atoms. The van der Waals surface area contributed by atoms with E-state index in [1.165, 1.54) is 12.1 Å². The average Bonchev–Trinajstić information content (AvgIpc) is 2.40. The molecule has 0 aliphatic rings. The molecular weight excluding hydrogens is 247 g/mol. The predicted octanol–water partition coefficient (Wildman–Crippen LogP) is 1.77. The molecule has 0 radical (unpaired) electrons. The van der Waals surface area contributed by atoms with Crippen LogP contribution >= 0.6 is 0 Å². The Kier molecular flexibility index (Phi) is 6.77. The van der Waals surface area contributed by atoms with Crippen LogP contribution in [0.1, 0.15) is 12.5 Å². The molecule has 4 nitrogen and oxygen atoms in total. The molecule has 1 aromatic carbocycles. The van der Waals surface area contributed by atoms with Crippen molar-refractivity contribution in [3.05, 3.63) is 29.6 Å². The molecule has 19 heavy (non-hydrogen) atoms. The number of halogens is 1. The van der Waals surface area contributed by atoms with Gasteiger partial charge in [0.2, 0.25) is 0 Å². The second kappa shape index (κ2) is 8.09. The van der Waals surface area contributed by atoms with Gasteiger partial charge in [0, 0.05) is 39.0 Å². The third-order valence-electron chi connectivity index (χ3n) is 3.05. The molecule has 1 unspecified atom stereocenters. The Morgan fingerprint density at radius 3 is 2.63 bits per heavy atom. The zero-order chi connectivity index (χ0) is 14.3. The molecule has 0 aromatic heterocycles. The first-order valence-electron chi connectivity index (χ1n) is 6.37. The lowest BCUT2D eigenvalue weighted by Crippen LogP contribution is -2.39. The number of methoxy groups -OCH3 is 2. The Hall–Kier alpha value is -1.17. The quantitative estimate of drug-likeness (QED) is 0.782. The highest BCUT2D eigenvalue weighted by Gasteiger charge is 2.17. The summed E-state index contributed by atoms with van der Waals surface area (Å²) in [4.78, 5) is 2.13. The van der Waals surface area contributed by atoms with Gasteiger partial charge in [-0.25, -0.2) is 4.39 Å². The number of rotatable bonds is 8. The fraction of sp³-hybridized carbons (Fsp3) is 0.571. The van der Waals surface area contributed by atoms with E-state index in [2.05, 4.69) is 11.8 Å². The number of nitrogens with zero attached hydrogens (tertiary/aromatic N) is 1. The molecule has 0 saturated heterocycles. The highest BCUT2D eigenvalue weighted by molar-refractivity contribution is 5.54. The monoisotopic (exact) mass is 270 g/mol. The predicted molar refractivity (Wildman–Crippen MR) is 74.9 cm³/mol. The zero-order valence-corrected chi connectivity index (χ0v) is 11.9. The summed E-state index contributed by atoms with van der Waals surface area (Å²) in [6, 6.07) is 4.86. The first kappa shape index (κ1) is 15.9. The third-order valence-corrected chi connectivity index (χ3v) is 3.05. The van der Waals surface area contributed by atoms with Gasteiger partial charge in [-0.1, -0.05) is 0 Å². The van der Waals surface area contributed by atoms with Gasteiger partial charge in [-0.3, -0.25) is 0 Å². The van der Waals surface area contributed by atoms with Crippen molar-refractivity contribution in [1.82, 2.24) is 0 Å². The van der Waals surface area contributed by atoms with Crippen LogP contribution in [0.2, 0.25) is 0 Å². The van der Waals surface area contributed by atoms with Gasteiger partial charge in [0.05, 0.1) is 13.2 Å². The van der Waals surface area contributed by atoms with Crippen LogP contribution in [0.4, 0.5) is 10.1 Å². The van der Waals surface area contributed by atoms with Gasteiger partial charge in [0.1, 0.15) is 5.82 Å². The largest absolute Gasteiger partial charge is 0.383 e. The Labute approximate surface area is 114 Å². The number of benzene rings is 1. The van der Waals surface area contributed by atoms with Crippen LogP contribution in [0.3, 0.4) is 0 Å². The molecule has 108 valence electrons. The van der Waals surface area contributed by atoms with Gasteiger partial charge in [-0.05, 0) is 30.7 Å². The molecular formula is C14H23FN2O2. The van der Waals surface area contributed by atoms with Crippen LogP contribution in [0, 0.1) is 5.82 Å². The minimum absolute atomic E-state index is 0.163. The number of nitrogens with two attached hydrogens (primary N) is 1. The lowest BCUT2D eigenvalue weighted by Gasteiger charge is -2.32. The van der Waals surface area contributed by atoms with Gasteiger partial charge >= 0.3 is 0 Å². The second-order valence-electron chi connectivity index (χ2n) is 4.47. The van der Waals surface area contributed by atoms with Gasteiger partial charge in [-0.15, -0.1) is 0 Å². The van der Waals surface area contributed by atoms with E-state index in [-0.39, 0.29) is 11.9 Å². The third kappa shape index (κ3) is 4.45. The van der Waals surface area contributed by atoms with Gasteiger partial charge in [0.15, 0.2) is 0 Å². The lowest BCUT2D eigenvalue weighted by atomic mass is 10.1. The van der Waals surface area contributed by atoms with E-state index in [0.717, 1.165) is 11.3 Å². The molecule has 0 aliphatic carbocycles. The summed E-state index contributed by atoms with van der Waals surface area (Å²) in [6.45, 7) is 4.25. The fourth-order valence-corrected chi connectivity index (χ4v) is 2.10. The molecule has 0 bridgehead atoms. The maximum absolute atomic E-state index is 13.3. The first-order chi connectivity index (χ1) is 9.13. The summed E-state index contributed by atoms with van der Waals surface area (Å²) in [5.74, 6) is -0.268. The average molecular weight is 270 g/mol. The van der Waals surface area contributed by atoms with E-state index in [1.54, 1.807) is 20.3 Å². The number of ether oxygens (including phenoxy) is 2. The molecule has 1 aromatic rings. The number of hydrogen-bond acceptors (Lipinski definition) is 4. The molecule has 2 N–H and O–H groups in total. The molecule has 5 heteroatoms. The molecule has 0 heterocycles. The summed E-state index contributed by atoms with van der Waals surface area (Å²) < 4.78 is 23.6. The van der Waals surface area contributed by atoms with Crippen molar-refractivity contribution in [2.24, 2.45) is 5.73 Å². The highest BCUT2D eigenvalue weighted by atomic mass is 19.1. The normalized spacial score (nSPS) is 12.5. The standard InChI is InChI=1S/C14H23FN2O2/c1-11(10-19-3)17(6-7-18-2)14-5-4-13(15)8-12(14)9-16/h4-5,8,11H,6-7,9-10,16H2,1-3H3. The second-order valence-corrected chi connectivity index (χ2v) is 4.47. The van der Waals surface area contributed by atoms with E-state index in [9.17, 15) is 4.39 Å². The topological polar surface area (TPSA) is 47.7 Å². The van der Waals surface area contributed by atoms with Crippen molar-refractivity contribution < 1.29 is 13.9 Å². The van der Waals surface area contributed by atoms with Crippen molar-refractivity contribution in [3.63, 3.8) is 0 Å². The summed E-state index contributed by atoms with van der Waals surface area (Å²) in [5, 5.41) is 0. The maximum atomic E-state index is 13.3. The van der Waals surface area contributed by atoms with Gasteiger partial charge in [0.25, 0.3) is 0 Å². The van der Waals surface area contributed by atoms with Crippen molar-refractivity contribution in [2.45, 2.75) is 19.5 Å². The lowest BCUT2D eigenvalue weighted by molar-refractivity contribution is 0.171. The summed E-state index contributed by atoms with van der Waals surface area (Å²) >= 11 is 0. The Morgan fingerprint density at radius 1 is 1.32 bits per heavy atom. The highest BCUT2D eigenvalue weighted by Crippen LogP contribution is 2.23. The molecule has 1 rings (SSSR count). The van der Waals surface area contributed by atoms with E-state index >= 15 is 0 Å². The van der Waals surface area contributed by atoms with E-state index < -0.39 is 0 Å². The minimum Gasteiger partial charge on any atom is -0.383 e. The Morgan fingerprint density at radius 2 is 2.05 bits per heavy atom. The summed E-state index contributed by atoms with van der Waals surface area (Å²) in [7, 11) is 3.33. The van der Waals surface area contributed by atoms with Crippen molar-refractivity contribution in [1.29, 1.82) is 0 Å². The Bertz CT molecular complexity index is 388. The van der Waals surface area contributed by atoms with Crippen LogP contribution in [0.25, 0.3) is 0 Å². The van der Waals surface area contributed by atoms with E-state index in [1.807, 2.05) is 0 Å². The SMILES string of the molecule is COCCN(c1ccc(F)cc1CN)C(C)COC. The van der Waals surface area contributed by atoms with Gasteiger partial charge in [-0.2, -0.15) is 0 Å². The molecule has 0 amide bonds. The van der Waals surface area contributed by atoms with Crippen LogP contribution in [-0.4, -0.2) is 40.0 Å². The molecule has 1 atom stereocenters. The Balaban J connectivity index is 3.01. The summed E-state index contributed by atoms with van der Waals surface area (Å²) in [6.07, 6.45) is 0. The fourth-order valence-electron chi connectivity index (χ4n) is 2.10.